The first-order chi connectivity index (χ1) is 12.0. The van der Waals surface area contributed by atoms with Crippen LogP contribution in [0.1, 0.15) is 22.3 Å². The second-order valence-corrected chi connectivity index (χ2v) is 5.90. The van der Waals surface area contributed by atoms with E-state index in [1.807, 2.05) is 12.1 Å². The molecule has 0 atom stereocenters. The first-order valence-electron chi connectivity index (χ1n) is 7.92. The van der Waals surface area contributed by atoms with Crippen LogP contribution in [-0.4, -0.2) is 9.97 Å². The maximum absolute atomic E-state index is 8.85. The quantitative estimate of drug-likeness (QED) is 0.609. The van der Waals surface area contributed by atoms with Gasteiger partial charge in [0.25, 0.3) is 0 Å². The van der Waals surface area contributed by atoms with E-state index >= 15 is 0 Å². The SMILES string of the molecule is Cc1cc(C)c(Nc2nc[c-]c(Nc3ccc(C#N)cc3)n2)c(C)c1.[Y+3]. The average Bonchev–Trinajstić information content (AvgIpc) is 2.59. The van der Waals surface area contributed by atoms with Gasteiger partial charge in [0.2, 0.25) is 5.95 Å². The molecule has 0 unspecified atom stereocenters. The van der Waals surface area contributed by atoms with Gasteiger partial charge >= 0.3 is 32.7 Å². The summed E-state index contributed by atoms with van der Waals surface area (Å²) in [5.74, 6) is 1.06. The van der Waals surface area contributed by atoms with Crippen LogP contribution in [0.5, 0.6) is 0 Å². The van der Waals surface area contributed by atoms with Crippen LogP contribution in [-0.2, 0) is 32.7 Å². The molecule has 0 radical (unpaired) electrons. The van der Waals surface area contributed by atoms with Gasteiger partial charge < -0.3 is 16.7 Å². The fraction of sp³-hybridized carbons (Fsp3) is 0.150. The molecular formula is C20H18N5Y+2. The topological polar surface area (TPSA) is 73.6 Å². The Morgan fingerprint density at radius 1 is 1.00 bits per heavy atom. The molecule has 0 saturated carbocycles. The van der Waals surface area contributed by atoms with Crippen LogP contribution < -0.4 is 10.6 Å². The van der Waals surface area contributed by atoms with E-state index in [0.717, 1.165) is 22.5 Å². The number of nitrogens with one attached hydrogen (secondary N) is 2. The van der Waals surface area contributed by atoms with Crippen molar-refractivity contribution in [3.05, 3.63) is 70.9 Å². The van der Waals surface area contributed by atoms with Gasteiger partial charge in [-0.3, -0.25) is 4.98 Å². The third kappa shape index (κ3) is 4.88. The number of hydrogen-bond acceptors (Lipinski definition) is 5. The zero-order valence-electron chi connectivity index (χ0n) is 15.0. The molecule has 0 saturated heterocycles. The summed E-state index contributed by atoms with van der Waals surface area (Å²) in [6.07, 6.45) is 1.58. The van der Waals surface area contributed by atoms with Gasteiger partial charge in [0.05, 0.1) is 11.6 Å². The molecule has 0 aliphatic rings. The number of hydrogen-bond donors (Lipinski definition) is 2. The normalized spacial score (nSPS) is 9.77. The minimum absolute atomic E-state index is 0. The zero-order chi connectivity index (χ0) is 17.8. The summed E-state index contributed by atoms with van der Waals surface area (Å²) in [5.41, 5.74) is 5.99. The van der Waals surface area contributed by atoms with Crippen molar-refractivity contribution in [2.45, 2.75) is 20.8 Å². The monoisotopic (exact) mass is 417 g/mol. The molecule has 1 aromatic heterocycles. The third-order valence-electron chi connectivity index (χ3n) is 3.80. The summed E-state index contributed by atoms with van der Waals surface area (Å²) < 4.78 is 0. The van der Waals surface area contributed by atoms with E-state index < -0.39 is 0 Å². The van der Waals surface area contributed by atoms with Crippen molar-refractivity contribution >= 4 is 23.1 Å². The standard InChI is InChI=1S/C20H18N5.Y/c1-13-10-14(2)19(15(3)11-13)25-20-22-9-8-18(24-20)23-17-6-4-16(12-21)5-7-17;/h4-7,9-11H,1-3H3,(H2,22,23,24,25);/q-1;+3. The number of benzene rings is 2. The van der Waals surface area contributed by atoms with Gasteiger partial charge in [-0.05, 0) is 62.0 Å². The molecule has 0 spiro atoms. The second-order valence-electron chi connectivity index (χ2n) is 5.90. The fourth-order valence-corrected chi connectivity index (χ4v) is 2.70. The number of nitriles is 1. The van der Waals surface area contributed by atoms with Gasteiger partial charge in [-0.25, -0.2) is 4.98 Å². The van der Waals surface area contributed by atoms with Gasteiger partial charge in [0.15, 0.2) is 0 Å². The number of rotatable bonds is 4. The number of aryl methyl sites for hydroxylation is 3. The zero-order valence-corrected chi connectivity index (χ0v) is 17.8. The van der Waals surface area contributed by atoms with Gasteiger partial charge in [-0.1, -0.05) is 17.7 Å². The second kappa shape index (κ2) is 8.89. The Kier molecular flexibility index (Phi) is 6.85. The molecule has 1 heterocycles. The molecule has 0 aliphatic heterocycles. The molecule has 3 rings (SSSR count). The van der Waals surface area contributed by atoms with Gasteiger partial charge in [0.1, 0.15) is 0 Å². The van der Waals surface area contributed by atoms with E-state index in [1.54, 1.807) is 18.3 Å². The van der Waals surface area contributed by atoms with Crippen molar-refractivity contribution < 1.29 is 32.7 Å². The van der Waals surface area contributed by atoms with Crippen LogP contribution in [0, 0.1) is 38.2 Å². The molecule has 2 N–H and O–H groups in total. The van der Waals surface area contributed by atoms with Crippen LogP contribution in [0.25, 0.3) is 0 Å². The van der Waals surface area contributed by atoms with Crippen LogP contribution in [0.4, 0.5) is 23.1 Å². The summed E-state index contributed by atoms with van der Waals surface area (Å²) in [4.78, 5) is 8.70. The molecule has 0 amide bonds. The predicted octanol–water partition coefficient (Wildman–Crippen LogP) is 4.56. The van der Waals surface area contributed by atoms with Gasteiger partial charge in [-0.2, -0.15) is 5.26 Å². The van der Waals surface area contributed by atoms with Gasteiger partial charge in [0, 0.05) is 11.4 Å². The predicted molar refractivity (Wildman–Crippen MR) is 99.2 cm³/mol. The molecule has 5 nitrogen and oxygen atoms in total. The van der Waals surface area contributed by atoms with Crippen LogP contribution >= 0.6 is 0 Å². The van der Waals surface area contributed by atoms with Crippen molar-refractivity contribution in [2.75, 3.05) is 10.6 Å². The van der Waals surface area contributed by atoms with Crippen LogP contribution in [0.2, 0.25) is 0 Å². The van der Waals surface area contributed by atoms with Crippen molar-refractivity contribution in [1.82, 2.24) is 9.97 Å². The Labute approximate surface area is 178 Å². The summed E-state index contributed by atoms with van der Waals surface area (Å²) >= 11 is 0. The Balaban J connectivity index is 0.00000243. The third-order valence-corrected chi connectivity index (χ3v) is 3.80. The molecule has 0 bridgehead atoms. The summed E-state index contributed by atoms with van der Waals surface area (Å²) in [6, 6.07) is 16.5. The smallest absolute Gasteiger partial charge is 0.408 e. The van der Waals surface area contributed by atoms with E-state index in [1.165, 1.54) is 5.56 Å². The molecule has 0 fully saturated rings. The maximum Gasteiger partial charge on any atom is 3.00 e. The molecule has 0 aliphatic carbocycles. The summed E-state index contributed by atoms with van der Waals surface area (Å²) in [6.45, 7) is 6.21. The van der Waals surface area contributed by atoms with E-state index in [9.17, 15) is 0 Å². The van der Waals surface area contributed by atoms with E-state index in [0.29, 0.717) is 17.3 Å². The molecule has 2 aromatic carbocycles. The molecular weight excluding hydrogens is 399 g/mol. The van der Waals surface area contributed by atoms with Crippen molar-refractivity contribution in [3.63, 3.8) is 0 Å². The Morgan fingerprint density at radius 3 is 2.27 bits per heavy atom. The first-order valence-corrected chi connectivity index (χ1v) is 7.92. The number of aromatic nitrogens is 2. The number of anilines is 4. The minimum Gasteiger partial charge on any atom is -0.408 e. The van der Waals surface area contributed by atoms with Gasteiger partial charge in [-0.15, -0.1) is 6.20 Å². The first kappa shape index (κ1) is 20.0. The largest absolute Gasteiger partial charge is 3.00 e. The summed E-state index contributed by atoms with van der Waals surface area (Å²) in [7, 11) is 0. The van der Waals surface area contributed by atoms with Crippen LogP contribution in [0.3, 0.4) is 0 Å². The maximum atomic E-state index is 8.85. The Hall–Kier alpha value is -2.29. The minimum atomic E-state index is 0. The van der Waals surface area contributed by atoms with Crippen molar-refractivity contribution in [1.29, 1.82) is 5.26 Å². The Morgan fingerprint density at radius 2 is 1.65 bits per heavy atom. The molecule has 26 heavy (non-hydrogen) atoms. The fourth-order valence-electron chi connectivity index (χ4n) is 2.70. The summed E-state index contributed by atoms with van der Waals surface area (Å²) in [5, 5.41) is 15.3. The van der Waals surface area contributed by atoms with Crippen LogP contribution in [0.15, 0.2) is 42.6 Å². The van der Waals surface area contributed by atoms with E-state index in [4.69, 9.17) is 5.26 Å². The average molecular weight is 417 g/mol. The van der Waals surface area contributed by atoms with Crippen molar-refractivity contribution in [2.24, 2.45) is 0 Å². The molecule has 3 aromatic rings. The Bertz CT molecular complexity index is 922. The molecule has 6 heteroatoms. The molecule has 124 valence electrons. The van der Waals surface area contributed by atoms with E-state index in [2.05, 4.69) is 65.6 Å². The number of nitrogens with zero attached hydrogens (tertiary/aromatic N) is 3. The van der Waals surface area contributed by atoms with Crippen molar-refractivity contribution in [3.8, 4) is 6.07 Å². The van der Waals surface area contributed by atoms with E-state index in [-0.39, 0.29) is 32.7 Å².